The van der Waals surface area contributed by atoms with Crippen LogP contribution in [0.15, 0.2) is 18.2 Å². The van der Waals surface area contributed by atoms with E-state index in [1.807, 2.05) is 6.92 Å². The summed E-state index contributed by atoms with van der Waals surface area (Å²) in [7, 11) is 0. The Bertz CT molecular complexity index is 670. The van der Waals surface area contributed by atoms with Gasteiger partial charge in [-0.25, -0.2) is 4.79 Å². The van der Waals surface area contributed by atoms with Crippen molar-refractivity contribution < 1.29 is 14.3 Å². The van der Waals surface area contributed by atoms with Gasteiger partial charge in [0.25, 0.3) is 5.91 Å². The molecular formula is C13H12ClN3O3S. The largest absolute Gasteiger partial charge is 0.462 e. The van der Waals surface area contributed by atoms with Gasteiger partial charge in [-0.05, 0) is 32.0 Å². The summed E-state index contributed by atoms with van der Waals surface area (Å²) in [6.45, 7) is 3.83. The summed E-state index contributed by atoms with van der Waals surface area (Å²) in [6.07, 6.45) is 0. The minimum absolute atomic E-state index is 0.111. The van der Waals surface area contributed by atoms with Gasteiger partial charge in [-0.2, -0.15) is 0 Å². The van der Waals surface area contributed by atoms with Gasteiger partial charge in [0.2, 0.25) is 0 Å². The van der Waals surface area contributed by atoms with E-state index < -0.39 is 11.9 Å². The first kappa shape index (κ1) is 15.4. The van der Waals surface area contributed by atoms with Crippen LogP contribution in [0.3, 0.4) is 0 Å². The Morgan fingerprint density at radius 1 is 1.38 bits per heavy atom. The van der Waals surface area contributed by atoms with E-state index in [0.717, 1.165) is 4.88 Å². The SMILES string of the molecule is CCOC(=O)c1cc(C)sc1NC(=O)c1ccc(Cl)nn1. The van der Waals surface area contributed by atoms with Crippen LogP contribution in [-0.4, -0.2) is 28.7 Å². The average Bonchev–Trinajstić information content (AvgIpc) is 2.80. The molecule has 1 N–H and O–H groups in total. The van der Waals surface area contributed by atoms with E-state index in [1.165, 1.54) is 23.5 Å². The zero-order valence-electron chi connectivity index (χ0n) is 11.3. The van der Waals surface area contributed by atoms with Crippen LogP contribution in [0.5, 0.6) is 0 Å². The molecule has 1 amide bonds. The van der Waals surface area contributed by atoms with Crippen molar-refractivity contribution in [3.8, 4) is 0 Å². The van der Waals surface area contributed by atoms with Crippen LogP contribution in [0.4, 0.5) is 5.00 Å². The third-order valence-corrected chi connectivity index (χ3v) is 3.61. The number of ether oxygens (including phenoxy) is 1. The molecule has 0 aliphatic rings. The standard InChI is InChI=1S/C13H12ClN3O3S/c1-3-20-13(19)8-6-7(2)21-12(8)15-11(18)9-4-5-10(14)17-16-9/h4-6H,3H2,1-2H3,(H,15,18). The predicted molar refractivity (Wildman–Crippen MR) is 80.0 cm³/mol. The van der Waals surface area contributed by atoms with Gasteiger partial charge in [0.05, 0.1) is 12.2 Å². The second-order valence-corrected chi connectivity index (χ2v) is 5.66. The van der Waals surface area contributed by atoms with Crippen molar-refractivity contribution in [3.05, 3.63) is 39.5 Å². The average molecular weight is 326 g/mol. The van der Waals surface area contributed by atoms with E-state index >= 15 is 0 Å². The van der Waals surface area contributed by atoms with Crippen LogP contribution in [-0.2, 0) is 4.74 Å². The van der Waals surface area contributed by atoms with Gasteiger partial charge < -0.3 is 10.1 Å². The molecule has 0 unspecified atom stereocenters. The molecule has 110 valence electrons. The lowest BCUT2D eigenvalue weighted by Crippen LogP contribution is -2.16. The Kier molecular flexibility index (Phi) is 4.87. The third-order valence-electron chi connectivity index (χ3n) is 2.44. The van der Waals surface area contributed by atoms with Crippen LogP contribution in [0.2, 0.25) is 5.15 Å². The third kappa shape index (κ3) is 3.77. The lowest BCUT2D eigenvalue weighted by Gasteiger charge is -2.05. The maximum atomic E-state index is 12.1. The van der Waals surface area contributed by atoms with Gasteiger partial charge in [-0.1, -0.05) is 11.6 Å². The number of aryl methyl sites for hydroxylation is 1. The Labute approximate surface area is 130 Å². The van der Waals surface area contributed by atoms with Gasteiger partial charge in [0.1, 0.15) is 5.00 Å². The van der Waals surface area contributed by atoms with Gasteiger partial charge in [-0.3, -0.25) is 4.79 Å². The Morgan fingerprint density at radius 2 is 2.14 bits per heavy atom. The fourth-order valence-electron chi connectivity index (χ4n) is 1.57. The quantitative estimate of drug-likeness (QED) is 0.874. The minimum atomic E-state index is -0.473. The summed E-state index contributed by atoms with van der Waals surface area (Å²) in [5.41, 5.74) is 0.440. The van der Waals surface area contributed by atoms with E-state index in [2.05, 4.69) is 15.5 Å². The molecule has 0 aliphatic heterocycles. The molecule has 0 aliphatic carbocycles. The normalized spacial score (nSPS) is 10.2. The number of thiophene rings is 1. The number of hydrogen-bond acceptors (Lipinski definition) is 6. The van der Waals surface area contributed by atoms with Crippen molar-refractivity contribution in [3.63, 3.8) is 0 Å². The molecule has 0 fully saturated rings. The van der Waals surface area contributed by atoms with Crippen molar-refractivity contribution in [2.45, 2.75) is 13.8 Å². The van der Waals surface area contributed by atoms with Gasteiger partial charge in [0, 0.05) is 4.88 Å². The van der Waals surface area contributed by atoms with Gasteiger partial charge >= 0.3 is 5.97 Å². The van der Waals surface area contributed by atoms with Crippen LogP contribution < -0.4 is 5.32 Å². The second-order valence-electron chi connectivity index (χ2n) is 4.02. The summed E-state index contributed by atoms with van der Waals surface area (Å²) in [4.78, 5) is 24.8. The fourth-order valence-corrected chi connectivity index (χ4v) is 2.57. The number of halogens is 1. The molecule has 2 heterocycles. The molecule has 0 aromatic carbocycles. The second kappa shape index (κ2) is 6.64. The van der Waals surface area contributed by atoms with E-state index in [0.29, 0.717) is 10.6 Å². The lowest BCUT2D eigenvalue weighted by molar-refractivity contribution is 0.0528. The Hall–Kier alpha value is -1.99. The smallest absolute Gasteiger partial charge is 0.341 e. The van der Waals surface area contributed by atoms with Gasteiger partial charge in [-0.15, -0.1) is 21.5 Å². The van der Waals surface area contributed by atoms with Crippen molar-refractivity contribution in [1.82, 2.24) is 10.2 Å². The van der Waals surface area contributed by atoms with Gasteiger partial charge in [0.15, 0.2) is 10.8 Å². The summed E-state index contributed by atoms with van der Waals surface area (Å²) in [5, 5.41) is 10.5. The number of carbonyl (C=O) groups is 2. The molecule has 21 heavy (non-hydrogen) atoms. The molecule has 2 rings (SSSR count). The van der Waals surface area contributed by atoms with Crippen LogP contribution in [0.25, 0.3) is 0 Å². The van der Waals surface area contributed by atoms with E-state index in [-0.39, 0.29) is 17.5 Å². The number of anilines is 1. The zero-order valence-corrected chi connectivity index (χ0v) is 12.9. The number of rotatable bonds is 4. The first-order valence-corrected chi connectivity index (χ1v) is 7.29. The number of hydrogen-bond donors (Lipinski definition) is 1. The minimum Gasteiger partial charge on any atom is -0.462 e. The molecule has 2 aromatic heterocycles. The number of nitrogens with zero attached hydrogens (tertiary/aromatic N) is 2. The van der Waals surface area contributed by atoms with Crippen molar-refractivity contribution in [2.24, 2.45) is 0 Å². The van der Waals surface area contributed by atoms with E-state index in [4.69, 9.17) is 16.3 Å². The van der Waals surface area contributed by atoms with Crippen molar-refractivity contribution >= 4 is 39.8 Å². The molecule has 8 heteroatoms. The Morgan fingerprint density at radius 3 is 2.76 bits per heavy atom. The highest BCUT2D eigenvalue weighted by atomic mass is 35.5. The van der Waals surface area contributed by atoms with Crippen LogP contribution in [0.1, 0.15) is 32.6 Å². The lowest BCUT2D eigenvalue weighted by atomic mass is 10.3. The Balaban J connectivity index is 2.21. The maximum Gasteiger partial charge on any atom is 0.341 e. The highest BCUT2D eigenvalue weighted by molar-refractivity contribution is 7.16. The topological polar surface area (TPSA) is 81.2 Å². The van der Waals surface area contributed by atoms with Crippen LogP contribution in [0, 0.1) is 6.92 Å². The molecule has 0 radical (unpaired) electrons. The molecule has 0 saturated heterocycles. The number of aromatic nitrogens is 2. The van der Waals surface area contributed by atoms with E-state index in [1.54, 1.807) is 13.0 Å². The molecule has 0 atom stereocenters. The monoisotopic (exact) mass is 325 g/mol. The first-order valence-electron chi connectivity index (χ1n) is 6.09. The molecule has 2 aromatic rings. The highest BCUT2D eigenvalue weighted by Crippen LogP contribution is 2.28. The molecule has 0 bridgehead atoms. The highest BCUT2D eigenvalue weighted by Gasteiger charge is 2.19. The number of carbonyl (C=O) groups excluding carboxylic acids is 2. The number of esters is 1. The predicted octanol–water partition coefficient (Wildman–Crippen LogP) is 2.93. The summed E-state index contributed by atoms with van der Waals surface area (Å²) >= 11 is 6.90. The summed E-state index contributed by atoms with van der Waals surface area (Å²) in [5.74, 6) is -0.939. The van der Waals surface area contributed by atoms with Crippen molar-refractivity contribution in [1.29, 1.82) is 0 Å². The summed E-state index contributed by atoms with van der Waals surface area (Å²) < 4.78 is 4.96. The maximum absolute atomic E-state index is 12.1. The molecular weight excluding hydrogens is 314 g/mol. The molecule has 6 nitrogen and oxygen atoms in total. The van der Waals surface area contributed by atoms with Crippen molar-refractivity contribution in [2.75, 3.05) is 11.9 Å². The van der Waals surface area contributed by atoms with Crippen LogP contribution >= 0.6 is 22.9 Å². The number of nitrogens with one attached hydrogen (secondary N) is 1. The first-order chi connectivity index (χ1) is 10.0. The summed E-state index contributed by atoms with van der Waals surface area (Å²) in [6, 6.07) is 4.59. The molecule has 0 spiro atoms. The number of amides is 1. The zero-order chi connectivity index (χ0) is 15.4. The fraction of sp³-hybridized carbons (Fsp3) is 0.231. The molecule has 0 saturated carbocycles. The van der Waals surface area contributed by atoms with E-state index in [9.17, 15) is 9.59 Å².